The predicted octanol–water partition coefficient (Wildman–Crippen LogP) is 2.84. The zero-order valence-corrected chi connectivity index (χ0v) is 9.46. The molecule has 80 valence electrons. The summed E-state index contributed by atoms with van der Waals surface area (Å²) >= 11 is 0. The van der Waals surface area contributed by atoms with Crippen LogP contribution in [0.2, 0.25) is 0 Å². The van der Waals surface area contributed by atoms with Gasteiger partial charge in [-0.3, -0.25) is 0 Å². The van der Waals surface area contributed by atoms with Gasteiger partial charge in [-0.05, 0) is 25.0 Å². The number of hydrogen-bond acceptors (Lipinski definition) is 2. The van der Waals surface area contributed by atoms with Gasteiger partial charge in [0.15, 0.2) is 0 Å². The SMILES string of the molecule is CCCC(C)NCc1ccccc1C#N. The van der Waals surface area contributed by atoms with Gasteiger partial charge in [0.1, 0.15) is 0 Å². The highest BCUT2D eigenvalue weighted by Crippen LogP contribution is 2.07. The van der Waals surface area contributed by atoms with Crippen LogP contribution in [0.25, 0.3) is 0 Å². The van der Waals surface area contributed by atoms with Crippen molar-refractivity contribution in [2.24, 2.45) is 0 Å². The second-order valence-corrected chi connectivity index (χ2v) is 3.84. The Labute approximate surface area is 91.9 Å². The molecule has 0 radical (unpaired) electrons. The Balaban J connectivity index is 2.54. The lowest BCUT2D eigenvalue weighted by molar-refractivity contribution is 0.508. The summed E-state index contributed by atoms with van der Waals surface area (Å²) in [5.41, 5.74) is 1.86. The third kappa shape index (κ3) is 3.73. The minimum Gasteiger partial charge on any atom is -0.310 e. The molecule has 1 aromatic rings. The molecule has 2 nitrogen and oxygen atoms in total. The molecule has 0 aliphatic carbocycles. The summed E-state index contributed by atoms with van der Waals surface area (Å²) in [6.45, 7) is 5.14. The van der Waals surface area contributed by atoms with Crippen LogP contribution < -0.4 is 5.32 Å². The summed E-state index contributed by atoms with van der Waals surface area (Å²) in [7, 11) is 0. The summed E-state index contributed by atoms with van der Waals surface area (Å²) in [5, 5.41) is 12.3. The minimum absolute atomic E-state index is 0.516. The van der Waals surface area contributed by atoms with Crippen LogP contribution in [0, 0.1) is 11.3 Å². The lowest BCUT2D eigenvalue weighted by atomic mass is 10.1. The lowest BCUT2D eigenvalue weighted by Gasteiger charge is -2.13. The molecule has 0 aliphatic rings. The quantitative estimate of drug-likeness (QED) is 0.797. The number of benzene rings is 1. The van der Waals surface area contributed by atoms with Gasteiger partial charge in [0.2, 0.25) is 0 Å². The number of rotatable bonds is 5. The van der Waals surface area contributed by atoms with Crippen LogP contribution in [0.1, 0.15) is 37.8 Å². The summed E-state index contributed by atoms with van der Waals surface area (Å²) in [5.74, 6) is 0. The molecule has 0 aliphatic heterocycles. The maximum atomic E-state index is 8.91. The highest BCUT2D eigenvalue weighted by molar-refractivity contribution is 5.37. The van der Waals surface area contributed by atoms with E-state index >= 15 is 0 Å². The Hall–Kier alpha value is -1.33. The van der Waals surface area contributed by atoms with E-state index in [-0.39, 0.29) is 0 Å². The topological polar surface area (TPSA) is 35.8 Å². The monoisotopic (exact) mass is 202 g/mol. The first kappa shape index (κ1) is 11.7. The molecule has 1 unspecified atom stereocenters. The highest BCUT2D eigenvalue weighted by atomic mass is 14.9. The van der Waals surface area contributed by atoms with E-state index in [0.717, 1.165) is 17.7 Å². The Kier molecular flexibility index (Phi) is 4.86. The van der Waals surface area contributed by atoms with E-state index in [0.29, 0.717) is 6.04 Å². The van der Waals surface area contributed by atoms with Crippen LogP contribution in [-0.4, -0.2) is 6.04 Å². The molecule has 1 rings (SSSR count). The van der Waals surface area contributed by atoms with E-state index < -0.39 is 0 Å². The van der Waals surface area contributed by atoms with Crippen molar-refractivity contribution in [3.63, 3.8) is 0 Å². The van der Waals surface area contributed by atoms with Gasteiger partial charge in [0.05, 0.1) is 11.6 Å². The number of nitrogens with zero attached hydrogens (tertiary/aromatic N) is 1. The van der Waals surface area contributed by atoms with Gasteiger partial charge in [0, 0.05) is 12.6 Å². The summed E-state index contributed by atoms with van der Waals surface area (Å²) in [6.07, 6.45) is 2.36. The molecule has 1 atom stereocenters. The third-order valence-corrected chi connectivity index (χ3v) is 2.50. The van der Waals surface area contributed by atoms with Gasteiger partial charge in [-0.2, -0.15) is 5.26 Å². The van der Waals surface area contributed by atoms with Crippen molar-refractivity contribution in [2.75, 3.05) is 0 Å². The molecule has 0 heterocycles. The first-order valence-corrected chi connectivity index (χ1v) is 5.49. The fourth-order valence-electron chi connectivity index (χ4n) is 1.60. The standard InChI is InChI=1S/C13H18N2/c1-3-6-11(2)15-10-13-8-5-4-7-12(13)9-14/h4-5,7-8,11,15H,3,6,10H2,1-2H3. The van der Waals surface area contributed by atoms with E-state index in [1.807, 2.05) is 24.3 Å². The number of hydrogen-bond donors (Lipinski definition) is 1. The van der Waals surface area contributed by atoms with E-state index in [1.165, 1.54) is 12.8 Å². The number of nitriles is 1. The Morgan fingerprint density at radius 1 is 1.40 bits per heavy atom. The third-order valence-electron chi connectivity index (χ3n) is 2.50. The van der Waals surface area contributed by atoms with Crippen molar-refractivity contribution < 1.29 is 0 Å². The molecule has 0 spiro atoms. The van der Waals surface area contributed by atoms with E-state index in [4.69, 9.17) is 5.26 Å². The van der Waals surface area contributed by atoms with Crippen LogP contribution in [0.15, 0.2) is 24.3 Å². The van der Waals surface area contributed by atoms with Crippen molar-refractivity contribution >= 4 is 0 Å². The first-order chi connectivity index (χ1) is 7.27. The van der Waals surface area contributed by atoms with Crippen LogP contribution >= 0.6 is 0 Å². The molecule has 1 N–H and O–H groups in total. The second-order valence-electron chi connectivity index (χ2n) is 3.84. The predicted molar refractivity (Wildman–Crippen MR) is 62.4 cm³/mol. The molecular formula is C13H18N2. The van der Waals surface area contributed by atoms with Crippen LogP contribution in [0.4, 0.5) is 0 Å². The zero-order valence-electron chi connectivity index (χ0n) is 9.46. The summed E-state index contributed by atoms with van der Waals surface area (Å²) < 4.78 is 0. The molecule has 0 saturated carbocycles. The molecular weight excluding hydrogens is 184 g/mol. The highest BCUT2D eigenvalue weighted by Gasteiger charge is 2.03. The van der Waals surface area contributed by atoms with Crippen molar-refractivity contribution in [1.29, 1.82) is 5.26 Å². The van der Waals surface area contributed by atoms with Gasteiger partial charge in [-0.15, -0.1) is 0 Å². The molecule has 0 bridgehead atoms. The van der Waals surface area contributed by atoms with Crippen molar-refractivity contribution in [3.05, 3.63) is 35.4 Å². The first-order valence-electron chi connectivity index (χ1n) is 5.49. The molecule has 2 heteroatoms. The van der Waals surface area contributed by atoms with Gasteiger partial charge < -0.3 is 5.32 Å². The molecule has 0 aromatic heterocycles. The van der Waals surface area contributed by atoms with E-state index in [2.05, 4.69) is 25.2 Å². The van der Waals surface area contributed by atoms with Crippen molar-refractivity contribution in [1.82, 2.24) is 5.32 Å². The summed E-state index contributed by atoms with van der Waals surface area (Å²) in [6, 6.07) is 10.5. The van der Waals surface area contributed by atoms with Gasteiger partial charge in [0.25, 0.3) is 0 Å². The zero-order chi connectivity index (χ0) is 11.1. The number of nitrogens with one attached hydrogen (secondary N) is 1. The largest absolute Gasteiger partial charge is 0.310 e. The van der Waals surface area contributed by atoms with Gasteiger partial charge in [-0.25, -0.2) is 0 Å². The molecule has 1 aromatic carbocycles. The molecule has 0 fully saturated rings. The Bertz CT molecular complexity index is 339. The van der Waals surface area contributed by atoms with E-state index in [9.17, 15) is 0 Å². The van der Waals surface area contributed by atoms with Crippen LogP contribution in [0.3, 0.4) is 0 Å². The minimum atomic E-state index is 0.516. The maximum Gasteiger partial charge on any atom is 0.0995 e. The van der Waals surface area contributed by atoms with Gasteiger partial charge >= 0.3 is 0 Å². The molecule has 0 saturated heterocycles. The lowest BCUT2D eigenvalue weighted by Crippen LogP contribution is -2.25. The van der Waals surface area contributed by atoms with E-state index in [1.54, 1.807) is 0 Å². The summed E-state index contributed by atoms with van der Waals surface area (Å²) in [4.78, 5) is 0. The normalized spacial score (nSPS) is 12.1. The van der Waals surface area contributed by atoms with Crippen LogP contribution in [0.5, 0.6) is 0 Å². The molecule has 15 heavy (non-hydrogen) atoms. The average Bonchev–Trinajstić information content (AvgIpc) is 2.27. The van der Waals surface area contributed by atoms with Crippen LogP contribution in [-0.2, 0) is 6.54 Å². The Morgan fingerprint density at radius 3 is 2.80 bits per heavy atom. The fourth-order valence-corrected chi connectivity index (χ4v) is 1.60. The van der Waals surface area contributed by atoms with Crippen molar-refractivity contribution in [2.45, 2.75) is 39.3 Å². The Morgan fingerprint density at radius 2 is 2.13 bits per heavy atom. The smallest absolute Gasteiger partial charge is 0.0995 e. The van der Waals surface area contributed by atoms with Crippen molar-refractivity contribution in [3.8, 4) is 6.07 Å². The second kappa shape index (κ2) is 6.21. The fraction of sp³-hybridized carbons (Fsp3) is 0.462. The van der Waals surface area contributed by atoms with Gasteiger partial charge in [-0.1, -0.05) is 31.5 Å². The molecule has 0 amide bonds. The maximum absolute atomic E-state index is 8.91. The average molecular weight is 202 g/mol.